The maximum atomic E-state index is 6.27. The Balaban J connectivity index is 2.02. The molecule has 3 nitrogen and oxygen atoms in total. The summed E-state index contributed by atoms with van der Waals surface area (Å²) in [4.78, 5) is 5.39. The zero-order valence-electron chi connectivity index (χ0n) is 13.9. The van der Waals surface area contributed by atoms with E-state index in [0.717, 1.165) is 18.5 Å². The lowest BCUT2D eigenvalue weighted by atomic mass is 9.74. The summed E-state index contributed by atoms with van der Waals surface area (Å²) in [5.41, 5.74) is 6.59. The Bertz CT molecular complexity index is 290. The number of hydrogen-bond acceptors (Lipinski definition) is 3. The molecule has 3 heteroatoms. The van der Waals surface area contributed by atoms with E-state index in [-0.39, 0.29) is 0 Å². The van der Waals surface area contributed by atoms with Crippen molar-refractivity contribution in [3.8, 4) is 0 Å². The first-order chi connectivity index (χ1) is 9.69. The van der Waals surface area contributed by atoms with Crippen LogP contribution >= 0.6 is 0 Å². The molecule has 2 fully saturated rings. The van der Waals surface area contributed by atoms with Gasteiger partial charge in [0.2, 0.25) is 0 Å². The number of nitrogens with two attached hydrogens (primary N) is 1. The van der Waals surface area contributed by atoms with E-state index in [2.05, 4.69) is 30.6 Å². The van der Waals surface area contributed by atoms with Crippen LogP contribution in [0.15, 0.2) is 0 Å². The average molecular weight is 281 g/mol. The average Bonchev–Trinajstić information content (AvgIpc) is 2.99. The molecule has 2 aliphatic rings. The Hall–Kier alpha value is -0.120. The van der Waals surface area contributed by atoms with Crippen LogP contribution in [0.3, 0.4) is 0 Å². The Morgan fingerprint density at radius 1 is 1.20 bits per heavy atom. The number of likely N-dealkylation sites (tertiary alicyclic amines) is 1. The Morgan fingerprint density at radius 2 is 1.95 bits per heavy atom. The predicted octanol–water partition coefficient (Wildman–Crippen LogP) is 2.70. The summed E-state index contributed by atoms with van der Waals surface area (Å²) in [7, 11) is 0. The topological polar surface area (TPSA) is 32.5 Å². The third kappa shape index (κ3) is 3.20. The molecule has 3 atom stereocenters. The lowest BCUT2D eigenvalue weighted by Crippen LogP contribution is -2.56. The fourth-order valence-electron chi connectivity index (χ4n) is 4.62. The molecule has 0 radical (unpaired) electrons. The van der Waals surface area contributed by atoms with Gasteiger partial charge in [-0.1, -0.05) is 40.0 Å². The van der Waals surface area contributed by atoms with Gasteiger partial charge < -0.3 is 5.73 Å². The molecule has 2 N–H and O–H groups in total. The van der Waals surface area contributed by atoms with Gasteiger partial charge in [0.05, 0.1) is 0 Å². The van der Waals surface area contributed by atoms with E-state index < -0.39 is 0 Å². The van der Waals surface area contributed by atoms with E-state index in [9.17, 15) is 0 Å². The van der Waals surface area contributed by atoms with Crippen LogP contribution in [0, 0.1) is 5.92 Å². The summed E-state index contributed by atoms with van der Waals surface area (Å²) in [5, 5.41) is 0. The van der Waals surface area contributed by atoms with E-state index in [1.807, 2.05) is 0 Å². The van der Waals surface area contributed by atoms with Crippen molar-refractivity contribution in [2.75, 3.05) is 32.7 Å². The highest BCUT2D eigenvalue weighted by atomic mass is 15.3. The van der Waals surface area contributed by atoms with Crippen LogP contribution in [0.5, 0.6) is 0 Å². The van der Waals surface area contributed by atoms with E-state index >= 15 is 0 Å². The highest BCUT2D eigenvalue weighted by molar-refractivity contribution is 5.00. The monoisotopic (exact) mass is 281 g/mol. The zero-order chi connectivity index (χ0) is 14.6. The number of likely N-dealkylation sites (N-methyl/N-ethyl adjacent to an activating group) is 1. The third-order valence-electron chi connectivity index (χ3n) is 6.04. The lowest BCUT2D eigenvalue weighted by Gasteiger charge is -2.47. The second kappa shape index (κ2) is 7.24. The minimum atomic E-state index is 0.320. The second-order valence-electron chi connectivity index (χ2n) is 6.91. The molecule has 0 aromatic heterocycles. The predicted molar refractivity (Wildman–Crippen MR) is 86.9 cm³/mol. The number of nitrogens with zero attached hydrogens (tertiary/aromatic N) is 2. The molecule has 1 saturated carbocycles. The summed E-state index contributed by atoms with van der Waals surface area (Å²) in [5.74, 6) is 0.903. The molecular weight excluding hydrogens is 246 g/mol. The minimum Gasteiger partial charge on any atom is -0.329 e. The molecule has 1 aliphatic heterocycles. The quantitative estimate of drug-likeness (QED) is 0.812. The fourth-order valence-corrected chi connectivity index (χ4v) is 4.62. The largest absolute Gasteiger partial charge is 0.329 e. The molecule has 0 aromatic carbocycles. The highest BCUT2D eigenvalue weighted by Crippen LogP contribution is 2.39. The van der Waals surface area contributed by atoms with Crippen molar-refractivity contribution in [3.63, 3.8) is 0 Å². The lowest BCUT2D eigenvalue weighted by molar-refractivity contribution is 0.0475. The van der Waals surface area contributed by atoms with Crippen LogP contribution in [-0.2, 0) is 0 Å². The summed E-state index contributed by atoms with van der Waals surface area (Å²) in [6.07, 6.45) is 8.12. The standard InChI is InChI=1S/C17H35N3/c1-4-15-8-7-10-17(12-15,14-18)20-11-9-16(13-20)19(5-2)6-3/h15-16H,4-14,18H2,1-3H3. The van der Waals surface area contributed by atoms with Crippen LogP contribution < -0.4 is 5.73 Å². The van der Waals surface area contributed by atoms with Crippen molar-refractivity contribution in [1.29, 1.82) is 0 Å². The van der Waals surface area contributed by atoms with Crippen LogP contribution in [-0.4, -0.2) is 54.1 Å². The Morgan fingerprint density at radius 3 is 2.55 bits per heavy atom. The molecule has 1 heterocycles. The summed E-state index contributed by atoms with van der Waals surface area (Å²) >= 11 is 0. The van der Waals surface area contributed by atoms with Crippen LogP contribution in [0.4, 0.5) is 0 Å². The molecule has 0 aromatic rings. The van der Waals surface area contributed by atoms with E-state index in [1.54, 1.807) is 0 Å². The molecule has 3 unspecified atom stereocenters. The van der Waals surface area contributed by atoms with Crippen molar-refractivity contribution < 1.29 is 0 Å². The molecule has 2 rings (SSSR count). The fraction of sp³-hybridized carbons (Fsp3) is 1.00. The molecule has 1 aliphatic carbocycles. The maximum Gasteiger partial charge on any atom is 0.0335 e. The molecular formula is C17H35N3. The molecule has 0 bridgehead atoms. The first-order valence-electron chi connectivity index (χ1n) is 8.88. The van der Waals surface area contributed by atoms with Crippen molar-refractivity contribution in [2.24, 2.45) is 11.7 Å². The summed E-state index contributed by atoms with van der Waals surface area (Å²) in [6.45, 7) is 12.7. The molecule has 118 valence electrons. The molecule has 0 amide bonds. The summed E-state index contributed by atoms with van der Waals surface area (Å²) < 4.78 is 0. The first-order valence-corrected chi connectivity index (χ1v) is 8.88. The van der Waals surface area contributed by atoms with Gasteiger partial charge in [0, 0.05) is 31.2 Å². The van der Waals surface area contributed by atoms with Crippen molar-refractivity contribution >= 4 is 0 Å². The van der Waals surface area contributed by atoms with Crippen LogP contribution in [0.25, 0.3) is 0 Å². The van der Waals surface area contributed by atoms with E-state index in [1.165, 1.54) is 64.7 Å². The van der Waals surface area contributed by atoms with E-state index in [0.29, 0.717) is 5.54 Å². The van der Waals surface area contributed by atoms with E-state index in [4.69, 9.17) is 5.73 Å². The minimum absolute atomic E-state index is 0.320. The third-order valence-corrected chi connectivity index (χ3v) is 6.04. The highest BCUT2D eigenvalue weighted by Gasteiger charge is 2.43. The molecule has 1 saturated heterocycles. The Kier molecular flexibility index (Phi) is 5.88. The second-order valence-corrected chi connectivity index (χ2v) is 6.91. The van der Waals surface area contributed by atoms with Crippen LogP contribution in [0.2, 0.25) is 0 Å². The normalized spacial score (nSPS) is 35.9. The zero-order valence-corrected chi connectivity index (χ0v) is 13.9. The molecule has 20 heavy (non-hydrogen) atoms. The van der Waals surface area contributed by atoms with Crippen molar-refractivity contribution in [2.45, 2.75) is 70.9 Å². The van der Waals surface area contributed by atoms with Gasteiger partial charge in [0.25, 0.3) is 0 Å². The number of rotatable bonds is 6. The van der Waals surface area contributed by atoms with Gasteiger partial charge in [0.1, 0.15) is 0 Å². The number of hydrogen-bond donors (Lipinski definition) is 1. The van der Waals surface area contributed by atoms with Gasteiger partial charge in [-0.3, -0.25) is 9.80 Å². The van der Waals surface area contributed by atoms with Gasteiger partial charge in [-0.05, 0) is 38.3 Å². The summed E-state index contributed by atoms with van der Waals surface area (Å²) in [6, 6.07) is 0.760. The maximum absolute atomic E-state index is 6.27. The van der Waals surface area contributed by atoms with Gasteiger partial charge in [-0.2, -0.15) is 0 Å². The van der Waals surface area contributed by atoms with Gasteiger partial charge in [-0.15, -0.1) is 0 Å². The SMILES string of the molecule is CCC1CCCC(CN)(N2CCC(N(CC)CC)C2)C1. The first kappa shape index (κ1) is 16.3. The van der Waals surface area contributed by atoms with Crippen LogP contribution in [0.1, 0.15) is 59.3 Å². The smallest absolute Gasteiger partial charge is 0.0335 e. The van der Waals surface area contributed by atoms with Gasteiger partial charge in [-0.25, -0.2) is 0 Å². The Labute approximate surface area is 125 Å². The molecule has 0 spiro atoms. The van der Waals surface area contributed by atoms with Gasteiger partial charge >= 0.3 is 0 Å². The van der Waals surface area contributed by atoms with Crippen molar-refractivity contribution in [3.05, 3.63) is 0 Å². The van der Waals surface area contributed by atoms with Gasteiger partial charge in [0.15, 0.2) is 0 Å². The van der Waals surface area contributed by atoms with Crippen molar-refractivity contribution in [1.82, 2.24) is 9.80 Å².